The predicted molar refractivity (Wildman–Crippen MR) is 83.6 cm³/mol. The van der Waals surface area contributed by atoms with E-state index in [9.17, 15) is 8.42 Å². The lowest BCUT2D eigenvalue weighted by molar-refractivity contribution is 0.464. The van der Waals surface area contributed by atoms with Gasteiger partial charge in [0.25, 0.3) is 10.0 Å². The van der Waals surface area contributed by atoms with Crippen molar-refractivity contribution in [1.29, 1.82) is 0 Å². The first-order valence-electron chi connectivity index (χ1n) is 6.60. The Hall–Kier alpha value is -1.92. The summed E-state index contributed by atoms with van der Waals surface area (Å²) in [5, 5.41) is 2.91. The third-order valence-electron chi connectivity index (χ3n) is 3.18. The molecule has 0 aliphatic rings. The lowest BCUT2D eigenvalue weighted by atomic mass is 10.1. The smallest absolute Gasteiger partial charge is 0.262 e. The molecule has 1 aromatic heterocycles. The van der Waals surface area contributed by atoms with Gasteiger partial charge in [-0.3, -0.25) is 0 Å². The highest BCUT2D eigenvalue weighted by atomic mass is 32.2. The fourth-order valence-electron chi connectivity index (χ4n) is 2.09. The SMILES string of the molecule is CNc1cccnc1S(=O)(=O)N(C)Cc1cccc(C)c1. The Morgan fingerprint density at radius 2 is 2.00 bits per heavy atom. The Kier molecular flexibility index (Phi) is 4.59. The number of nitrogens with one attached hydrogen (secondary N) is 1. The van der Waals surface area contributed by atoms with Gasteiger partial charge in [0.2, 0.25) is 0 Å². The number of sulfonamides is 1. The molecular formula is C15H19N3O2S. The molecule has 0 aliphatic heterocycles. The van der Waals surface area contributed by atoms with Crippen LogP contribution in [0.15, 0.2) is 47.6 Å². The van der Waals surface area contributed by atoms with Gasteiger partial charge in [-0.2, -0.15) is 4.31 Å². The van der Waals surface area contributed by atoms with Crippen LogP contribution in [0, 0.1) is 6.92 Å². The van der Waals surface area contributed by atoms with Crippen LogP contribution in [0.25, 0.3) is 0 Å². The summed E-state index contributed by atoms with van der Waals surface area (Å²) in [6.07, 6.45) is 1.48. The average Bonchev–Trinajstić information content (AvgIpc) is 2.47. The molecule has 1 heterocycles. The maximum absolute atomic E-state index is 12.6. The number of rotatable bonds is 5. The summed E-state index contributed by atoms with van der Waals surface area (Å²) in [4.78, 5) is 4.01. The molecule has 0 radical (unpaired) electrons. The first-order chi connectivity index (χ1) is 9.95. The molecule has 112 valence electrons. The zero-order valence-electron chi connectivity index (χ0n) is 12.4. The molecule has 1 N–H and O–H groups in total. The molecule has 5 nitrogen and oxygen atoms in total. The number of nitrogens with zero attached hydrogens (tertiary/aromatic N) is 2. The van der Waals surface area contributed by atoms with E-state index in [1.165, 1.54) is 10.5 Å². The van der Waals surface area contributed by atoms with Crippen LogP contribution in [-0.2, 0) is 16.6 Å². The zero-order valence-corrected chi connectivity index (χ0v) is 13.2. The van der Waals surface area contributed by atoms with Gasteiger partial charge in [0.1, 0.15) is 0 Å². The fraction of sp³-hybridized carbons (Fsp3) is 0.267. The zero-order chi connectivity index (χ0) is 15.5. The molecule has 6 heteroatoms. The van der Waals surface area contributed by atoms with Crippen LogP contribution in [0.5, 0.6) is 0 Å². The van der Waals surface area contributed by atoms with E-state index in [0.717, 1.165) is 11.1 Å². The van der Waals surface area contributed by atoms with Gasteiger partial charge in [0.05, 0.1) is 5.69 Å². The van der Waals surface area contributed by atoms with Crippen LogP contribution < -0.4 is 5.32 Å². The lowest BCUT2D eigenvalue weighted by Crippen LogP contribution is -2.28. The highest BCUT2D eigenvalue weighted by molar-refractivity contribution is 7.89. The van der Waals surface area contributed by atoms with Gasteiger partial charge in [-0.15, -0.1) is 0 Å². The molecule has 0 unspecified atom stereocenters. The van der Waals surface area contributed by atoms with Gasteiger partial charge in [-0.05, 0) is 24.6 Å². The Morgan fingerprint density at radius 1 is 1.24 bits per heavy atom. The number of aryl methyl sites for hydroxylation is 1. The summed E-state index contributed by atoms with van der Waals surface area (Å²) in [6.45, 7) is 2.29. The van der Waals surface area contributed by atoms with E-state index in [-0.39, 0.29) is 5.03 Å². The van der Waals surface area contributed by atoms with Crippen molar-refractivity contribution in [2.45, 2.75) is 18.5 Å². The summed E-state index contributed by atoms with van der Waals surface area (Å²) in [7, 11) is -0.395. The van der Waals surface area contributed by atoms with Crippen LogP contribution in [0.2, 0.25) is 0 Å². The summed E-state index contributed by atoms with van der Waals surface area (Å²) in [5.74, 6) is 0. The fourth-order valence-corrected chi connectivity index (χ4v) is 3.34. The summed E-state index contributed by atoms with van der Waals surface area (Å²) in [5.41, 5.74) is 2.55. The molecule has 0 bridgehead atoms. The first kappa shape index (κ1) is 15.5. The second-order valence-electron chi connectivity index (χ2n) is 4.86. The monoisotopic (exact) mass is 305 g/mol. The van der Waals surface area contributed by atoms with Crippen LogP contribution in [-0.4, -0.2) is 31.8 Å². The van der Waals surface area contributed by atoms with Gasteiger partial charge >= 0.3 is 0 Å². The van der Waals surface area contributed by atoms with Gasteiger partial charge in [0.15, 0.2) is 5.03 Å². The minimum atomic E-state index is -3.63. The van der Waals surface area contributed by atoms with Crippen molar-refractivity contribution >= 4 is 15.7 Å². The molecule has 0 aliphatic carbocycles. The van der Waals surface area contributed by atoms with Crippen LogP contribution in [0.4, 0.5) is 5.69 Å². The number of hydrogen-bond acceptors (Lipinski definition) is 4. The van der Waals surface area contributed by atoms with E-state index < -0.39 is 10.0 Å². The molecule has 0 fully saturated rings. The second kappa shape index (κ2) is 6.24. The molecule has 0 saturated carbocycles. The Labute approximate surface area is 125 Å². The maximum Gasteiger partial charge on any atom is 0.262 e. The van der Waals surface area contributed by atoms with Crippen LogP contribution >= 0.6 is 0 Å². The van der Waals surface area contributed by atoms with Gasteiger partial charge < -0.3 is 5.32 Å². The molecule has 21 heavy (non-hydrogen) atoms. The topological polar surface area (TPSA) is 62.3 Å². The number of pyridine rings is 1. The normalized spacial score (nSPS) is 11.6. The van der Waals surface area contributed by atoms with Crippen molar-refractivity contribution in [3.63, 3.8) is 0 Å². The van der Waals surface area contributed by atoms with E-state index in [0.29, 0.717) is 12.2 Å². The predicted octanol–water partition coefficient (Wildman–Crippen LogP) is 2.25. The highest BCUT2D eigenvalue weighted by Crippen LogP contribution is 2.22. The van der Waals surface area contributed by atoms with Crippen molar-refractivity contribution < 1.29 is 8.42 Å². The number of hydrogen-bond donors (Lipinski definition) is 1. The first-order valence-corrected chi connectivity index (χ1v) is 8.04. The highest BCUT2D eigenvalue weighted by Gasteiger charge is 2.25. The number of benzene rings is 1. The quantitative estimate of drug-likeness (QED) is 0.920. The summed E-state index contributed by atoms with van der Waals surface area (Å²) < 4.78 is 26.6. The van der Waals surface area contributed by atoms with E-state index in [1.807, 2.05) is 31.2 Å². The van der Waals surface area contributed by atoms with E-state index in [1.54, 1.807) is 26.2 Å². The van der Waals surface area contributed by atoms with E-state index in [4.69, 9.17) is 0 Å². The standard InChI is InChI=1S/C15H19N3O2S/c1-12-6-4-7-13(10-12)11-18(3)21(19,20)15-14(16-2)8-5-9-17-15/h4-10,16H,11H2,1-3H3. The van der Waals surface area contributed by atoms with Gasteiger partial charge in [-0.1, -0.05) is 29.8 Å². The molecule has 0 spiro atoms. The molecule has 2 aromatic rings. The second-order valence-corrected chi connectivity index (χ2v) is 6.82. The van der Waals surface area contributed by atoms with Crippen molar-refractivity contribution in [1.82, 2.24) is 9.29 Å². The Bertz CT molecular complexity index is 729. The average molecular weight is 305 g/mol. The maximum atomic E-state index is 12.6. The van der Waals surface area contributed by atoms with Crippen molar-refractivity contribution in [2.75, 3.05) is 19.4 Å². The van der Waals surface area contributed by atoms with Crippen molar-refractivity contribution in [3.05, 3.63) is 53.7 Å². The molecule has 1 aromatic carbocycles. The number of anilines is 1. The Balaban J connectivity index is 2.31. The third kappa shape index (κ3) is 3.40. The van der Waals surface area contributed by atoms with Crippen molar-refractivity contribution in [2.24, 2.45) is 0 Å². The summed E-state index contributed by atoms with van der Waals surface area (Å²) >= 11 is 0. The minimum absolute atomic E-state index is 0.0441. The Morgan fingerprint density at radius 3 is 2.67 bits per heavy atom. The molecule has 0 saturated heterocycles. The van der Waals surface area contributed by atoms with Crippen molar-refractivity contribution in [3.8, 4) is 0 Å². The largest absolute Gasteiger partial charge is 0.386 e. The third-order valence-corrected chi connectivity index (χ3v) is 4.95. The molecule has 2 rings (SSSR count). The van der Waals surface area contributed by atoms with E-state index >= 15 is 0 Å². The minimum Gasteiger partial charge on any atom is -0.386 e. The summed E-state index contributed by atoms with van der Waals surface area (Å²) in [6, 6.07) is 11.2. The van der Waals surface area contributed by atoms with Gasteiger partial charge in [0, 0.05) is 26.8 Å². The van der Waals surface area contributed by atoms with Crippen LogP contribution in [0.3, 0.4) is 0 Å². The van der Waals surface area contributed by atoms with Crippen LogP contribution in [0.1, 0.15) is 11.1 Å². The van der Waals surface area contributed by atoms with E-state index in [2.05, 4.69) is 10.3 Å². The molecule has 0 amide bonds. The van der Waals surface area contributed by atoms with Gasteiger partial charge in [-0.25, -0.2) is 13.4 Å². The lowest BCUT2D eigenvalue weighted by Gasteiger charge is -2.18. The molecule has 0 atom stereocenters. The number of aromatic nitrogens is 1. The molecular weight excluding hydrogens is 286 g/mol.